The summed E-state index contributed by atoms with van der Waals surface area (Å²) in [5.74, 6) is -0.294. The van der Waals surface area contributed by atoms with Crippen LogP contribution in [0.1, 0.15) is 29.4 Å². The van der Waals surface area contributed by atoms with Crippen molar-refractivity contribution < 1.29 is 13.2 Å². The first-order valence-electron chi connectivity index (χ1n) is 10.7. The summed E-state index contributed by atoms with van der Waals surface area (Å²) in [5.41, 5.74) is 0.979. The van der Waals surface area contributed by atoms with Gasteiger partial charge in [-0.3, -0.25) is 9.59 Å². The summed E-state index contributed by atoms with van der Waals surface area (Å²) < 4.78 is 28.9. The Morgan fingerprint density at radius 2 is 1.66 bits per heavy atom. The summed E-state index contributed by atoms with van der Waals surface area (Å²) in [4.78, 5) is 27.9. The van der Waals surface area contributed by atoms with Crippen LogP contribution in [0.25, 0.3) is 10.8 Å². The quantitative estimate of drug-likeness (QED) is 0.603. The van der Waals surface area contributed by atoms with E-state index < -0.39 is 10.0 Å². The molecule has 0 saturated carbocycles. The standard InChI is InChI=1S/C23H26N4O4S/c1-3-27-22(28)20-8-5-4-7-19(20)21(24-27)23(29)25-13-6-14-26(16-15-25)32(30,31)18-11-9-17(2)10-12-18/h4-5,7-12H,3,6,13-16H2,1-2H3. The molecule has 1 aromatic heterocycles. The predicted molar refractivity (Wildman–Crippen MR) is 122 cm³/mol. The van der Waals surface area contributed by atoms with E-state index in [1.807, 2.05) is 6.92 Å². The maximum atomic E-state index is 13.4. The fourth-order valence-corrected chi connectivity index (χ4v) is 5.42. The zero-order valence-electron chi connectivity index (χ0n) is 18.2. The molecule has 1 fully saturated rings. The fourth-order valence-electron chi connectivity index (χ4n) is 3.95. The zero-order chi connectivity index (χ0) is 22.9. The highest BCUT2D eigenvalue weighted by atomic mass is 32.2. The van der Waals surface area contributed by atoms with Crippen LogP contribution in [-0.4, -0.2) is 59.5 Å². The van der Waals surface area contributed by atoms with Gasteiger partial charge in [0, 0.05) is 38.1 Å². The van der Waals surface area contributed by atoms with E-state index in [0.717, 1.165) is 5.56 Å². The van der Waals surface area contributed by atoms with Crippen LogP contribution in [0.15, 0.2) is 58.2 Å². The van der Waals surface area contributed by atoms with Crippen LogP contribution in [0, 0.1) is 6.92 Å². The van der Waals surface area contributed by atoms with Crippen molar-refractivity contribution in [2.45, 2.75) is 31.7 Å². The molecule has 3 aromatic rings. The number of amides is 1. The molecule has 168 valence electrons. The Bertz CT molecular complexity index is 1320. The lowest BCUT2D eigenvalue weighted by Gasteiger charge is -2.22. The Hall–Kier alpha value is -3.04. The van der Waals surface area contributed by atoms with Crippen LogP contribution in [0.3, 0.4) is 0 Å². The van der Waals surface area contributed by atoms with Crippen molar-refractivity contribution in [2.75, 3.05) is 26.2 Å². The third-order valence-electron chi connectivity index (χ3n) is 5.77. The number of fused-ring (bicyclic) bond motifs is 1. The molecule has 1 amide bonds. The van der Waals surface area contributed by atoms with Crippen LogP contribution in [-0.2, 0) is 16.6 Å². The summed E-state index contributed by atoms with van der Waals surface area (Å²) in [6, 6.07) is 13.7. The summed E-state index contributed by atoms with van der Waals surface area (Å²) in [5, 5.41) is 5.29. The molecule has 0 aliphatic carbocycles. The predicted octanol–water partition coefficient (Wildman–Crippen LogP) is 2.26. The van der Waals surface area contributed by atoms with Gasteiger partial charge < -0.3 is 4.90 Å². The van der Waals surface area contributed by atoms with Gasteiger partial charge in [0.15, 0.2) is 5.69 Å². The van der Waals surface area contributed by atoms with E-state index in [9.17, 15) is 18.0 Å². The van der Waals surface area contributed by atoms with Gasteiger partial charge in [0.05, 0.1) is 10.3 Å². The maximum Gasteiger partial charge on any atom is 0.274 e. The van der Waals surface area contributed by atoms with E-state index in [2.05, 4.69) is 5.10 Å². The molecule has 0 unspecified atom stereocenters. The zero-order valence-corrected chi connectivity index (χ0v) is 19.0. The van der Waals surface area contributed by atoms with Crippen molar-refractivity contribution in [3.05, 3.63) is 70.1 Å². The highest BCUT2D eigenvalue weighted by molar-refractivity contribution is 7.89. The largest absolute Gasteiger partial charge is 0.336 e. The fraction of sp³-hybridized carbons (Fsp3) is 0.348. The molecule has 0 spiro atoms. The molecule has 32 heavy (non-hydrogen) atoms. The molecule has 1 aliphatic heterocycles. The van der Waals surface area contributed by atoms with Crippen LogP contribution in [0.5, 0.6) is 0 Å². The van der Waals surface area contributed by atoms with Gasteiger partial charge in [-0.25, -0.2) is 13.1 Å². The molecule has 1 saturated heterocycles. The minimum Gasteiger partial charge on any atom is -0.336 e. The van der Waals surface area contributed by atoms with E-state index in [1.165, 1.54) is 8.99 Å². The van der Waals surface area contributed by atoms with E-state index in [4.69, 9.17) is 0 Å². The lowest BCUT2D eigenvalue weighted by atomic mass is 10.1. The summed E-state index contributed by atoms with van der Waals surface area (Å²) >= 11 is 0. The summed E-state index contributed by atoms with van der Waals surface area (Å²) in [6.07, 6.45) is 0.516. The third-order valence-corrected chi connectivity index (χ3v) is 7.68. The molecule has 1 aliphatic rings. The van der Waals surface area contributed by atoms with Gasteiger partial charge in [-0.15, -0.1) is 0 Å². The third kappa shape index (κ3) is 4.05. The number of carbonyl (C=O) groups is 1. The van der Waals surface area contributed by atoms with Crippen LogP contribution >= 0.6 is 0 Å². The number of aromatic nitrogens is 2. The van der Waals surface area contributed by atoms with Crippen molar-refractivity contribution in [3.63, 3.8) is 0 Å². The topological polar surface area (TPSA) is 92.6 Å². The van der Waals surface area contributed by atoms with Crippen molar-refractivity contribution >= 4 is 26.7 Å². The number of hydrogen-bond donors (Lipinski definition) is 0. The molecule has 8 nitrogen and oxygen atoms in total. The average Bonchev–Trinajstić information content (AvgIpc) is 3.06. The minimum atomic E-state index is -3.63. The van der Waals surface area contributed by atoms with Gasteiger partial charge in [0.25, 0.3) is 11.5 Å². The van der Waals surface area contributed by atoms with Crippen molar-refractivity contribution in [2.24, 2.45) is 0 Å². The number of rotatable bonds is 4. The monoisotopic (exact) mass is 454 g/mol. The Labute approximate surface area is 187 Å². The van der Waals surface area contributed by atoms with Crippen molar-refractivity contribution in [1.29, 1.82) is 0 Å². The SMILES string of the molecule is CCn1nc(C(=O)N2CCCN(S(=O)(=O)c3ccc(C)cc3)CC2)c2ccccc2c1=O. The first-order chi connectivity index (χ1) is 15.3. The number of hydrogen-bond acceptors (Lipinski definition) is 5. The van der Waals surface area contributed by atoms with E-state index in [1.54, 1.807) is 60.4 Å². The molecule has 0 N–H and O–H groups in total. The van der Waals surface area contributed by atoms with E-state index in [-0.39, 0.29) is 35.1 Å². The number of benzene rings is 2. The number of aryl methyl sites for hydroxylation is 2. The molecule has 2 heterocycles. The summed E-state index contributed by atoms with van der Waals surface area (Å²) in [7, 11) is -3.63. The number of nitrogens with zero attached hydrogens (tertiary/aromatic N) is 4. The molecular formula is C23H26N4O4S. The van der Waals surface area contributed by atoms with Gasteiger partial charge in [-0.05, 0) is 38.5 Å². The van der Waals surface area contributed by atoms with Gasteiger partial charge in [-0.2, -0.15) is 9.40 Å². The second kappa shape index (κ2) is 8.84. The Kier molecular flexibility index (Phi) is 6.12. The van der Waals surface area contributed by atoms with Crippen molar-refractivity contribution in [3.8, 4) is 0 Å². The van der Waals surface area contributed by atoms with Crippen LogP contribution < -0.4 is 5.56 Å². The van der Waals surface area contributed by atoms with Crippen LogP contribution in [0.4, 0.5) is 0 Å². The Morgan fingerprint density at radius 3 is 2.34 bits per heavy atom. The lowest BCUT2D eigenvalue weighted by molar-refractivity contribution is 0.0758. The molecule has 2 aromatic carbocycles. The highest BCUT2D eigenvalue weighted by Gasteiger charge is 2.29. The smallest absolute Gasteiger partial charge is 0.274 e. The van der Waals surface area contributed by atoms with E-state index >= 15 is 0 Å². The molecular weight excluding hydrogens is 428 g/mol. The molecule has 0 radical (unpaired) electrons. The van der Waals surface area contributed by atoms with E-state index in [0.29, 0.717) is 36.8 Å². The lowest BCUT2D eigenvalue weighted by Crippen LogP contribution is -2.38. The minimum absolute atomic E-state index is 0.202. The van der Waals surface area contributed by atoms with Gasteiger partial charge >= 0.3 is 0 Å². The van der Waals surface area contributed by atoms with Gasteiger partial charge in [0.1, 0.15) is 0 Å². The number of carbonyl (C=O) groups excluding carboxylic acids is 1. The highest BCUT2D eigenvalue weighted by Crippen LogP contribution is 2.20. The first kappa shape index (κ1) is 22.2. The Balaban J connectivity index is 1.60. The maximum absolute atomic E-state index is 13.4. The second-order valence-corrected chi connectivity index (χ2v) is 9.82. The van der Waals surface area contributed by atoms with Gasteiger partial charge in [0.2, 0.25) is 10.0 Å². The molecule has 9 heteroatoms. The summed E-state index contributed by atoms with van der Waals surface area (Å²) in [6.45, 7) is 5.27. The molecule has 4 rings (SSSR count). The van der Waals surface area contributed by atoms with Crippen molar-refractivity contribution in [1.82, 2.24) is 19.0 Å². The van der Waals surface area contributed by atoms with Gasteiger partial charge in [-0.1, -0.05) is 35.9 Å². The molecule has 0 atom stereocenters. The first-order valence-corrected chi connectivity index (χ1v) is 12.1. The molecule has 0 bridgehead atoms. The second-order valence-electron chi connectivity index (χ2n) is 7.88. The Morgan fingerprint density at radius 1 is 0.969 bits per heavy atom. The van der Waals surface area contributed by atoms with Crippen LogP contribution in [0.2, 0.25) is 0 Å². The average molecular weight is 455 g/mol. The normalized spacial score (nSPS) is 15.6. The number of sulfonamides is 1.